The van der Waals surface area contributed by atoms with E-state index in [4.69, 9.17) is 0 Å². The first kappa shape index (κ1) is 8.79. The molecule has 64 valence electrons. The maximum atomic E-state index is 4.01. The van der Waals surface area contributed by atoms with Crippen LogP contribution in [0.15, 0.2) is 12.2 Å². The van der Waals surface area contributed by atoms with E-state index in [0.29, 0.717) is 0 Å². The van der Waals surface area contributed by atoms with Gasteiger partial charge in [0.05, 0.1) is 0 Å². The van der Waals surface area contributed by atoms with Gasteiger partial charge >= 0.3 is 0 Å². The molecule has 1 fully saturated rings. The van der Waals surface area contributed by atoms with Crippen LogP contribution in [-0.2, 0) is 0 Å². The molecule has 11 heavy (non-hydrogen) atoms. The molecule has 0 bridgehead atoms. The Morgan fingerprint density at radius 1 is 1.55 bits per heavy atom. The number of hydrogen-bond donors (Lipinski definition) is 0. The van der Waals surface area contributed by atoms with Crippen molar-refractivity contribution in [2.24, 2.45) is 5.92 Å². The third-order valence-corrected chi connectivity index (χ3v) is 2.85. The molecule has 0 aromatic carbocycles. The fraction of sp³-hybridized carbons (Fsp3) is 0.800. The summed E-state index contributed by atoms with van der Waals surface area (Å²) in [6, 6.07) is 0.776. The highest BCUT2D eigenvalue weighted by molar-refractivity contribution is 5.00. The maximum Gasteiger partial charge on any atom is 0.0193 e. The van der Waals surface area contributed by atoms with Crippen LogP contribution in [0.25, 0.3) is 0 Å². The molecule has 1 nitrogen and oxygen atoms in total. The molecule has 2 unspecified atom stereocenters. The predicted molar refractivity (Wildman–Crippen MR) is 49.6 cm³/mol. The van der Waals surface area contributed by atoms with Gasteiger partial charge in [-0.15, -0.1) is 0 Å². The molecule has 0 radical (unpaired) electrons. The average Bonchev–Trinajstić information content (AvgIpc) is 2.03. The summed E-state index contributed by atoms with van der Waals surface area (Å²) in [5.74, 6) is 0.889. The van der Waals surface area contributed by atoms with Crippen LogP contribution in [0.2, 0.25) is 0 Å². The Hall–Kier alpha value is -0.300. The Morgan fingerprint density at radius 3 is 2.55 bits per heavy atom. The van der Waals surface area contributed by atoms with Crippen LogP contribution in [0.1, 0.15) is 27.2 Å². The van der Waals surface area contributed by atoms with Crippen LogP contribution in [0.3, 0.4) is 0 Å². The first-order valence-corrected chi connectivity index (χ1v) is 4.55. The standard InChI is InChI=1S/C10H19N/c1-5-8(2)6-11-7-9(3)10(11)4/h9-10H,2,5-7H2,1,3-4H3. The lowest BCUT2D eigenvalue weighted by Gasteiger charge is -2.45. The highest BCUT2D eigenvalue weighted by atomic mass is 15.2. The molecular weight excluding hydrogens is 134 g/mol. The summed E-state index contributed by atoms with van der Waals surface area (Å²) < 4.78 is 0. The molecule has 0 saturated carbocycles. The van der Waals surface area contributed by atoms with E-state index < -0.39 is 0 Å². The minimum atomic E-state index is 0.776. The summed E-state index contributed by atoms with van der Waals surface area (Å²) in [4.78, 5) is 2.50. The van der Waals surface area contributed by atoms with E-state index in [2.05, 4.69) is 32.3 Å². The van der Waals surface area contributed by atoms with Crippen LogP contribution in [0.4, 0.5) is 0 Å². The van der Waals surface area contributed by atoms with E-state index in [1.165, 1.54) is 12.1 Å². The molecule has 0 amide bonds. The van der Waals surface area contributed by atoms with E-state index in [1.807, 2.05) is 0 Å². The first-order valence-electron chi connectivity index (χ1n) is 4.55. The zero-order valence-electron chi connectivity index (χ0n) is 7.93. The second-order valence-corrected chi connectivity index (χ2v) is 3.75. The van der Waals surface area contributed by atoms with Gasteiger partial charge in [-0.05, 0) is 19.3 Å². The molecule has 1 aliphatic rings. The smallest absolute Gasteiger partial charge is 0.0193 e. The van der Waals surface area contributed by atoms with Crippen molar-refractivity contribution in [2.75, 3.05) is 13.1 Å². The first-order chi connectivity index (χ1) is 5.15. The number of hydrogen-bond acceptors (Lipinski definition) is 1. The highest BCUT2D eigenvalue weighted by Crippen LogP contribution is 2.24. The van der Waals surface area contributed by atoms with Crippen LogP contribution >= 0.6 is 0 Å². The SMILES string of the molecule is C=C(CC)CN1CC(C)C1C. The lowest BCUT2D eigenvalue weighted by atomic mass is 9.91. The Labute approximate surface area is 70.1 Å². The second kappa shape index (κ2) is 3.40. The second-order valence-electron chi connectivity index (χ2n) is 3.75. The molecule has 1 rings (SSSR count). The average molecular weight is 153 g/mol. The minimum absolute atomic E-state index is 0.776. The van der Waals surface area contributed by atoms with Crippen LogP contribution < -0.4 is 0 Å². The van der Waals surface area contributed by atoms with E-state index >= 15 is 0 Å². The van der Waals surface area contributed by atoms with E-state index in [9.17, 15) is 0 Å². The lowest BCUT2D eigenvalue weighted by molar-refractivity contribution is 0.0480. The van der Waals surface area contributed by atoms with Crippen molar-refractivity contribution in [3.63, 3.8) is 0 Å². The Kier molecular flexibility index (Phi) is 2.72. The van der Waals surface area contributed by atoms with Gasteiger partial charge in [0.1, 0.15) is 0 Å². The predicted octanol–water partition coefficient (Wildman–Crippen LogP) is 2.29. The van der Waals surface area contributed by atoms with Gasteiger partial charge in [-0.3, -0.25) is 4.90 Å². The van der Waals surface area contributed by atoms with Crippen molar-refractivity contribution in [2.45, 2.75) is 33.2 Å². The molecule has 0 aliphatic carbocycles. The lowest BCUT2D eigenvalue weighted by Crippen LogP contribution is -2.53. The van der Waals surface area contributed by atoms with Crippen molar-refractivity contribution >= 4 is 0 Å². The van der Waals surface area contributed by atoms with Gasteiger partial charge in [-0.25, -0.2) is 0 Å². The summed E-state index contributed by atoms with van der Waals surface area (Å²) in [6.07, 6.45) is 1.12. The molecular formula is C10H19N. The summed E-state index contributed by atoms with van der Waals surface area (Å²) in [5, 5.41) is 0. The zero-order chi connectivity index (χ0) is 8.43. The summed E-state index contributed by atoms with van der Waals surface area (Å²) >= 11 is 0. The third kappa shape index (κ3) is 1.84. The van der Waals surface area contributed by atoms with Gasteiger partial charge in [0.15, 0.2) is 0 Å². The van der Waals surface area contributed by atoms with Crippen LogP contribution in [0, 0.1) is 5.92 Å². The van der Waals surface area contributed by atoms with Gasteiger partial charge in [-0.1, -0.05) is 26.0 Å². The Bertz CT molecular complexity index is 151. The number of nitrogens with zero attached hydrogens (tertiary/aromatic N) is 1. The van der Waals surface area contributed by atoms with Crippen molar-refractivity contribution in [1.29, 1.82) is 0 Å². The van der Waals surface area contributed by atoms with E-state index in [-0.39, 0.29) is 0 Å². The Balaban J connectivity index is 2.25. The van der Waals surface area contributed by atoms with Gasteiger partial charge in [0.25, 0.3) is 0 Å². The largest absolute Gasteiger partial charge is 0.296 e. The van der Waals surface area contributed by atoms with E-state index in [0.717, 1.165) is 24.9 Å². The van der Waals surface area contributed by atoms with Crippen molar-refractivity contribution in [3.05, 3.63) is 12.2 Å². The monoisotopic (exact) mass is 153 g/mol. The molecule has 0 aromatic heterocycles. The molecule has 1 aliphatic heterocycles. The molecule has 1 heteroatoms. The highest BCUT2D eigenvalue weighted by Gasteiger charge is 2.30. The van der Waals surface area contributed by atoms with Crippen molar-refractivity contribution in [3.8, 4) is 0 Å². The molecule has 0 N–H and O–H groups in total. The number of likely N-dealkylation sites (tertiary alicyclic amines) is 1. The quantitative estimate of drug-likeness (QED) is 0.562. The molecule has 0 spiro atoms. The normalized spacial score (nSPS) is 31.5. The van der Waals surface area contributed by atoms with Gasteiger partial charge in [-0.2, -0.15) is 0 Å². The molecule has 0 aromatic rings. The summed E-state index contributed by atoms with van der Waals surface area (Å²) in [6.45, 7) is 13.2. The zero-order valence-corrected chi connectivity index (χ0v) is 7.93. The molecule has 2 atom stereocenters. The van der Waals surface area contributed by atoms with Crippen LogP contribution in [-0.4, -0.2) is 24.0 Å². The fourth-order valence-electron chi connectivity index (χ4n) is 1.52. The molecule has 1 saturated heterocycles. The minimum Gasteiger partial charge on any atom is -0.296 e. The third-order valence-electron chi connectivity index (χ3n) is 2.85. The van der Waals surface area contributed by atoms with E-state index in [1.54, 1.807) is 0 Å². The molecule has 1 heterocycles. The van der Waals surface area contributed by atoms with Crippen molar-refractivity contribution < 1.29 is 0 Å². The van der Waals surface area contributed by atoms with Gasteiger partial charge in [0, 0.05) is 19.1 Å². The number of rotatable bonds is 3. The fourth-order valence-corrected chi connectivity index (χ4v) is 1.52. The van der Waals surface area contributed by atoms with Gasteiger partial charge < -0.3 is 0 Å². The van der Waals surface area contributed by atoms with Gasteiger partial charge in [0.2, 0.25) is 0 Å². The Morgan fingerprint density at radius 2 is 2.18 bits per heavy atom. The summed E-state index contributed by atoms with van der Waals surface area (Å²) in [7, 11) is 0. The van der Waals surface area contributed by atoms with Crippen molar-refractivity contribution in [1.82, 2.24) is 4.90 Å². The van der Waals surface area contributed by atoms with Crippen LogP contribution in [0.5, 0.6) is 0 Å². The topological polar surface area (TPSA) is 3.24 Å². The maximum absolute atomic E-state index is 4.01. The summed E-state index contributed by atoms with van der Waals surface area (Å²) in [5.41, 5.74) is 1.36.